The quantitative estimate of drug-likeness (QED) is 0.503. The Morgan fingerprint density at radius 2 is 1.94 bits per heavy atom. The van der Waals surface area contributed by atoms with Crippen LogP contribution >= 0.6 is 0 Å². The van der Waals surface area contributed by atoms with Crippen LogP contribution in [0, 0.1) is 0 Å². The third-order valence-electron chi connectivity index (χ3n) is 6.15. The standard InChI is InChI=1S/C25H26N6O2/c1-25(2,3)16-7-5-15-13-31(24(33)18(15)10-16)23-20(12-27-30(23)4)14-6-8-17-19(9-14)21(11-26)28-29-22(17)32/h5-10,12H,11,13,26H2,1-4H3,(H,29,32)/i4D3. The van der Waals surface area contributed by atoms with Crippen LogP contribution in [-0.4, -0.2) is 25.9 Å². The van der Waals surface area contributed by atoms with E-state index in [4.69, 9.17) is 9.85 Å². The molecule has 1 aliphatic heterocycles. The van der Waals surface area contributed by atoms with Crippen LogP contribution in [0.4, 0.5) is 5.82 Å². The van der Waals surface area contributed by atoms with E-state index in [1.807, 2.05) is 18.2 Å². The average Bonchev–Trinajstić information content (AvgIpc) is 3.40. The van der Waals surface area contributed by atoms with Crippen molar-refractivity contribution in [1.82, 2.24) is 20.0 Å². The monoisotopic (exact) mass is 445 g/mol. The number of nitrogens with zero attached hydrogens (tertiary/aromatic N) is 4. The lowest BCUT2D eigenvalue weighted by Gasteiger charge is -2.19. The van der Waals surface area contributed by atoms with Crippen molar-refractivity contribution in [1.29, 1.82) is 0 Å². The Morgan fingerprint density at radius 1 is 1.12 bits per heavy atom. The van der Waals surface area contributed by atoms with E-state index in [1.165, 1.54) is 11.1 Å². The molecule has 3 heterocycles. The molecular formula is C25H26N6O2. The third-order valence-corrected chi connectivity index (χ3v) is 6.15. The second-order valence-electron chi connectivity index (χ2n) is 9.27. The largest absolute Gasteiger partial charge is 0.325 e. The molecule has 8 heteroatoms. The van der Waals surface area contributed by atoms with Gasteiger partial charge in [-0.1, -0.05) is 39.0 Å². The Bertz CT molecular complexity index is 1580. The van der Waals surface area contributed by atoms with E-state index in [-0.39, 0.29) is 35.8 Å². The van der Waals surface area contributed by atoms with Gasteiger partial charge >= 0.3 is 0 Å². The van der Waals surface area contributed by atoms with Gasteiger partial charge < -0.3 is 5.73 Å². The van der Waals surface area contributed by atoms with Gasteiger partial charge in [0.25, 0.3) is 11.5 Å². The number of fused-ring (bicyclic) bond motifs is 2. The number of aryl methyl sites for hydroxylation is 1. The molecule has 0 saturated carbocycles. The maximum atomic E-state index is 13.6. The zero-order valence-corrected chi connectivity index (χ0v) is 18.6. The number of aromatic amines is 1. The molecule has 0 aliphatic carbocycles. The molecule has 0 atom stereocenters. The Hall–Kier alpha value is -3.78. The smallest absolute Gasteiger partial charge is 0.272 e. The van der Waals surface area contributed by atoms with Crippen molar-refractivity contribution in [2.24, 2.45) is 12.7 Å². The number of nitrogens with two attached hydrogens (primary N) is 1. The van der Waals surface area contributed by atoms with Gasteiger partial charge in [0.05, 0.1) is 23.8 Å². The molecule has 2 aromatic heterocycles. The van der Waals surface area contributed by atoms with Crippen LogP contribution in [0.25, 0.3) is 21.9 Å². The van der Waals surface area contributed by atoms with Gasteiger partial charge in [0.15, 0.2) is 0 Å². The highest BCUT2D eigenvalue weighted by atomic mass is 16.2. The van der Waals surface area contributed by atoms with Crippen LogP contribution in [0.5, 0.6) is 0 Å². The summed E-state index contributed by atoms with van der Waals surface area (Å²) in [6.07, 6.45) is 1.43. The van der Waals surface area contributed by atoms with Gasteiger partial charge in [0.2, 0.25) is 0 Å². The van der Waals surface area contributed by atoms with Crippen molar-refractivity contribution < 1.29 is 8.91 Å². The molecule has 5 rings (SSSR count). The number of carbonyl (C=O) groups is 1. The number of carbonyl (C=O) groups excluding carboxylic acids is 1. The van der Waals surface area contributed by atoms with Gasteiger partial charge in [-0.2, -0.15) is 10.2 Å². The van der Waals surface area contributed by atoms with Gasteiger partial charge in [0.1, 0.15) is 5.82 Å². The predicted octanol–water partition coefficient (Wildman–Crippen LogP) is 3.24. The van der Waals surface area contributed by atoms with Gasteiger partial charge in [-0.05, 0) is 40.3 Å². The molecule has 2 aromatic carbocycles. The summed E-state index contributed by atoms with van der Waals surface area (Å²) in [5.74, 6) is -0.121. The highest BCUT2D eigenvalue weighted by Gasteiger charge is 2.33. The minimum Gasteiger partial charge on any atom is -0.325 e. The van der Waals surface area contributed by atoms with E-state index in [1.54, 1.807) is 18.2 Å². The number of aromatic nitrogens is 4. The molecule has 0 unspecified atom stereocenters. The molecule has 3 N–H and O–H groups in total. The summed E-state index contributed by atoms with van der Waals surface area (Å²) in [5, 5.41) is 11.6. The van der Waals surface area contributed by atoms with Crippen LogP contribution < -0.4 is 16.2 Å². The minimum atomic E-state index is -2.61. The van der Waals surface area contributed by atoms with Crippen LogP contribution in [0.1, 0.15) is 52.1 Å². The van der Waals surface area contributed by atoms with E-state index < -0.39 is 6.98 Å². The Labute approximate surface area is 195 Å². The molecule has 4 aromatic rings. The van der Waals surface area contributed by atoms with Gasteiger partial charge in [-0.15, -0.1) is 0 Å². The third kappa shape index (κ3) is 3.34. The number of nitrogens with one attached hydrogen (secondary N) is 1. The lowest BCUT2D eigenvalue weighted by Crippen LogP contribution is -2.26. The van der Waals surface area contributed by atoms with Crippen molar-refractivity contribution in [3.8, 4) is 11.1 Å². The Balaban J connectivity index is 1.69. The first kappa shape index (κ1) is 17.7. The first-order valence-electron chi connectivity index (χ1n) is 12.2. The highest BCUT2D eigenvalue weighted by molar-refractivity contribution is 6.11. The number of hydrogen-bond acceptors (Lipinski definition) is 5. The minimum absolute atomic E-state index is 0.105. The van der Waals surface area contributed by atoms with Crippen molar-refractivity contribution in [2.75, 3.05) is 4.90 Å². The summed E-state index contributed by atoms with van der Waals surface area (Å²) in [5.41, 5.74) is 9.25. The fourth-order valence-electron chi connectivity index (χ4n) is 4.29. The number of H-pyrrole nitrogens is 1. The second-order valence-corrected chi connectivity index (χ2v) is 9.27. The van der Waals surface area contributed by atoms with Gasteiger partial charge in [-0.25, -0.2) is 5.10 Å². The topological polar surface area (TPSA) is 110 Å². The molecule has 1 aliphatic rings. The zero-order chi connectivity index (χ0) is 26.0. The van der Waals surface area contributed by atoms with E-state index in [2.05, 4.69) is 36.1 Å². The summed E-state index contributed by atoms with van der Waals surface area (Å²) in [6.45, 7) is 3.93. The molecular weight excluding hydrogens is 416 g/mol. The lowest BCUT2D eigenvalue weighted by atomic mass is 9.85. The summed E-state index contributed by atoms with van der Waals surface area (Å²) >= 11 is 0. The molecule has 0 spiro atoms. The maximum Gasteiger partial charge on any atom is 0.272 e. The molecule has 0 saturated heterocycles. The number of rotatable bonds is 3. The fraction of sp³-hybridized carbons (Fsp3) is 0.280. The number of benzene rings is 2. The highest BCUT2D eigenvalue weighted by Crippen LogP contribution is 2.37. The first-order valence-corrected chi connectivity index (χ1v) is 10.7. The summed E-state index contributed by atoms with van der Waals surface area (Å²) in [7, 11) is 0. The van der Waals surface area contributed by atoms with Crippen LogP contribution in [-0.2, 0) is 25.5 Å². The zero-order valence-electron chi connectivity index (χ0n) is 21.6. The van der Waals surface area contributed by atoms with Crippen molar-refractivity contribution in [2.45, 2.75) is 39.3 Å². The van der Waals surface area contributed by atoms with Crippen LogP contribution in [0.3, 0.4) is 0 Å². The Morgan fingerprint density at radius 3 is 2.67 bits per heavy atom. The molecule has 0 radical (unpaired) electrons. The predicted molar refractivity (Wildman–Crippen MR) is 128 cm³/mol. The van der Waals surface area contributed by atoms with E-state index in [9.17, 15) is 9.59 Å². The fourth-order valence-corrected chi connectivity index (χ4v) is 4.29. The molecule has 33 heavy (non-hydrogen) atoms. The number of hydrogen-bond donors (Lipinski definition) is 2. The van der Waals surface area contributed by atoms with Gasteiger partial charge in [-0.3, -0.25) is 19.2 Å². The summed E-state index contributed by atoms with van der Waals surface area (Å²) < 4.78 is 25.0. The van der Waals surface area contributed by atoms with E-state index in [0.29, 0.717) is 33.2 Å². The van der Waals surface area contributed by atoms with E-state index >= 15 is 0 Å². The SMILES string of the molecule is [2H]C([2H])([2H])n1ncc(-c2ccc3c(=O)[nH]nc(CN)c3c2)c1N1Cc2ccc(C(C)(C)C)cc2C1=O. The van der Waals surface area contributed by atoms with Crippen molar-refractivity contribution in [3.63, 3.8) is 0 Å². The molecule has 168 valence electrons. The van der Waals surface area contributed by atoms with Crippen LogP contribution in [0.2, 0.25) is 0 Å². The molecule has 8 nitrogen and oxygen atoms in total. The second kappa shape index (κ2) is 7.38. The molecule has 0 fully saturated rings. The Kier molecular flexibility index (Phi) is 3.97. The van der Waals surface area contributed by atoms with Crippen molar-refractivity contribution >= 4 is 22.5 Å². The summed E-state index contributed by atoms with van der Waals surface area (Å²) in [4.78, 5) is 27.3. The molecule has 0 bridgehead atoms. The number of amides is 1. The summed E-state index contributed by atoms with van der Waals surface area (Å²) in [6, 6.07) is 10.9. The first-order chi connectivity index (χ1) is 16.9. The molecule has 1 amide bonds. The van der Waals surface area contributed by atoms with Gasteiger partial charge in [0, 0.05) is 34.1 Å². The normalized spacial score (nSPS) is 15.5. The van der Waals surface area contributed by atoms with E-state index in [0.717, 1.165) is 15.8 Å². The van der Waals surface area contributed by atoms with Crippen molar-refractivity contribution in [3.05, 3.63) is 75.3 Å². The van der Waals surface area contributed by atoms with Crippen LogP contribution in [0.15, 0.2) is 47.4 Å². The number of anilines is 1. The lowest BCUT2D eigenvalue weighted by molar-refractivity contribution is 0.0995. The maximum absolute atomic E-state index is 13.6. The average molecular weight is 446 g/mol.